The van der Waals surface area contributed by atoms with E-state index in [1.165, 1.54) is 186 Å². The van der Waals surface area contributed by atoms with Crippen LogP contribution in [0.1, 0.15) is 0 Å². The van der Waals surface area contributed by atoms with Crippen LogP contribution in [0.3, 0.4) is 0 Å². The quantitative estimate of drug-likeness (QED) is 0.128. The van der Waals surface area contributed by atoms with Crippen LogP contribution in [0.15, 0.2) is 511 Å². The van der Waals surface area contributed by atoms with Gasteiger partial charge < -0.3 is 17.8 Å². The Balaban J connectivity index is 0.000000107. The number of pyridine rings is 1. The minimum absolute atomic E-state index is 0.865. The second-order valence-corrected chi connectivity index (χ2v) is 35.9. The van der Waals surface area contributed by atoms with Gasteiger partial charge in [-0.25, -0.2) is 0 Å². The summed E-state index contributed by atoms with van der Waals surface area (Å²) >= 11 is 0. The molecule has 0 fully saturated rings. The number of hydrogen-bond acceptors (Lipinski definition) is 4. The minimum Gasteiger partial charge on any atom is -0.456 e. The summed E-state index contributed by atoms with van der Waals surface area (Å²) in [5, 5.41) is 29.1. The second kappa shape index (κ2) is 32.9. The molecule has 29 aromatic rings. The molecule has 0 saturated heterocycles. The van der Waals surface area contributed by atoms with Crippen LogP contribution in [0.2, 0.25) is 0 Å². The molecule has 0 amide bonds. The number of aromatic nitrogens is 2. The molecule has 0 saturated carbocycles. The van der Waals surface area contributed by atoms with Crippen LogP contribution in [-0.2, 0) is 0 Å². The summed E-state index contributed by atoms with van der Waals surface area (Å²) in [4.78, 5) is 4.68. The van der Waals surface area contributed by atoms with E-state index in [1.54, 1.807) is 0 Å². The third kappa shape index (κ3) is 12.9. The maximum absolute atomic E-state index is 6.93. The molecule has 0 spiro atoms. The van der Waals surface area contributed by atoms with Crippen molar-refractivity contribution in [3.63, 3.8) is 0 Å². The molecule has 0 atom stereocenters. The summed E-state index contributed by atoms with van der Waals surface area (Å²) in [6, 6.07) is 176. The number of rotatable bonds is 10. The van der Waals surface area contributed by atoms with E-state index in [-0.39, 0.29) is 0 Å². The normalized spacial score (nSPS) is 11.8. The molecule has 5 nitrogen and oxygen atoms in total. The number of nitrogens with zero attached hydrogens (tertiary/aromatic N) is 2. The average Bonchev–Trinajstić information content (AvgIpc) is 1.17. The van der Waals surface area contributed by atoms with Crippen LogP contribution >= 0.6 is 0 Å². The van der Waals surface area contributed by atoms with Crippen LogP contribution in [0.4, 0.5) is 0 Å². The second-order valence-electron chi connectivity index (χ2n) is 35.9. The van der Waals surface area contributed by atoms with Gasteiger partial charge in [0.05, 0.1) is 16.7 Å². The molecule has 0 radical (unpaired) electrons. The maximum atomic E-state index is 6.93. The Bertz CT molecular complexity index is 9790. The standard InChI is InChI=1S/C54H33NO.C41H25NO.C38H24O/c1-2-17-36(18-3-1)55-48-27-12-10-20-39(48)47-33-35(29-32-49(47)55)38-30-31-46(53-45-25-11-13-28-50(45)56-54(38)53)52-43-23-8-6-21-41(43)51(42-22-7-9-24-44(42)52)40-26-14-16-34-15-4-5-19-37(34)40;1-2-14-27-26(12-1)13-11-20-28(27)38-29-15-3-5-17-31(29)39(32-18-6-4-16-30(32)38)35-24-23-33(36-21-9-10-25-42-36)41-40(35)34-19-7-8-22-37(34)43-41;1-2-11-25(12-3-1)26-21-23-27(24-22-26)36-28-13-4-6-15-30(28)37(31-16-7-5-14-29(31)36)33-18-10-20-35-38(33)32-17-8-9-19-34(32)39-35/h1-33H;1-25H;1-24H. The summed E-state index contributed by atoms with van der Waals surface area (Å²) in [7, 11) is 0. The summed E-state index contributed by atoms with van der Waals surface area (Å²) in [6.07, 6.45) is 1.84. The van der Waals surface area contributed by atoms with E-state index in [1.807, 2.05) is 36.5 Å². The van der Waals surface area contributed by atoms with E-state index in [0.717, 1.165) is 94.1 Å². The summed E-state index contributed by atoms with van der Waals surface area (Å²) in [5.41, 5.74) is 30.2. The third-order valence-corrected chi connectivity index (χ3v) is 28.4. The Hall–Kier alpha value is -18.3. The van der Waals surface area contributed by atoms with Gasteiger partial charge in [-0.15, -0.1) is 0 Å². The molecule has 29 rings (SSSR count). The van der Waals surface area contributed by atoms with Gasteiger partial charge in [-0.2, -0.15) is 0 Å². The zero-order valence-corrected chi connectivity index (χ0v) is 75.0. The van der Waals surface area contributed by atoms with Crippen LogP contribution in [0.5, 0.6) is 0 Å². The fourth-order valence-corrected chi connectivity index (χ4v) is 22.5. The van der Waals surface area contributed by atoms with E-state index < -0.39 is 0 Å². The fourth-order valence-electron chi connectivity index (χ4n) is 22.5. The van der Waals surface area contributed by atoms with Crippen molar-refractivity contribution in [2.24, 2.45) is 0 Å². The summed E-state index contributed by atoms with van der Waals surface area (Å²) < 4.78 is 22.2. The van der Waals surface area contributed by atoms with Crippen molar-refractivity contribution in [2.45, 2.75) is 0 Å². The first-order valence-electron chi connectivity index (χ1n) is 47.3. The molecule has 0 unspecified atom stereocenters. The van der Waals surface area contributed by atoms with Crippen molar-refractivity contribution < 1.29 is 13.3 Å². The molecular formula is C133H82N2O3. The van der Waals surface area contributed by atoms with Crippen molar-refractivity contribution in [1.82, 2.24) is 9.55 Å². The predicted octanol–water partition coefficient (Wildman–Crippen LogP) is 37.5. The lowest BCUT2D eigenvalue weighted by Crippen LogP contribution is -1.93. The number of para-hydroxylation sites is 5. The van der Waals surface area contributed by atoms with E-state index in [0.29, 0.717) is 0 Å². The molecule has 0 bridgehead atoms. The van der Waals surface area contributed by atoms with Crippen LogP contribution in [0.25, 0.3) is 280 Å². The molecule has 0 aliphatic carbocycles. The Morgan fingerprint density at radius 1 is 0.167 bits per heavy atom. The molecule has 0 aliphatic rings. The van der Waals surface area contributed by atoms with Gasteiger partial charge in [0.15, 0.2) is 0 Å². The molecule has 0 N–H and O–H groups in total. The lowest BCUT2D eigenvalue weighted by molar-refractivity contribution is 0.669. The topological polar surface area (TPSA) is 57.2 Å². The molecule has 5 aromatic heterocycles. The Kier molecular flexibility index (Phi) is 18.9. The molecule has 0 aliphatic heterocycles. The van der Waals surface area contributed by atoms with Crippen molar-refractivity contribution in [2.75, 3.05) is 0 Å². The van der Waals surface area contributed by atoms with Crippen molar-refractivity contribution in [3.05, 3.63) is 498 Å². The highest BCUT2D eigenvalue weighted by molar-refractivity contribution is 6.32. The lowest BCUT2D eigenvalue weighted by atomic mass is 9.83. The number of furan rings is 3. The number of hydrogen-bond donors (Lipinski definition) is 0. The van der Waals surface area contributed by atoms with E-state index in [2.05, 4.69) is 471 Å². The average molecular weight is 1760 g/mol. The monoisotopic (exact) mass is 1750 g/mol. The van der Waals surface area contributed by atoms with Gasteiger partial charge in [0.25, 0.3) is 0 Å². The highest BCUT2D eigenvalue weighted by Crippen LogP contribution is 2.55. The van der Waals surface area contributed by atoms with Gasteiger partial charge in [-0.1, -0.05) is 413 Å². The van der Waals surface area contributed by atoms with Gasteiger partial charge in [-0.3, -0.25) is 4.98 Å². The third-order valence-electron chi connectivity index (χ3n) is 28.4. The lowest BCUT2D eigenvalue weighted by Gasteiger charge is -2.19. The molecule has 24 aromatic carbocycles. The Morgan fingerprint density at radius 3 is 0.971 bits per heavy atom. The summed E-state index contributed by atoms with van der Waals surface area (Å²) in [6.45, 7) is 0. The Morgan fingerprint density at radius 2 is 0.486 bits per heavy atom. The first-order valence-corrected chi connectivity index (χ1v) is 47.3. The highest BCUT2D eigenvalue weighted by atomic mass is 16.3. The van der Waals surface area contributed by atoms with E-state index >= 15 is 0 Å². The minimum atomic E-state index is 0.865. The van der Waals surface area contributed by atoms with Crippen molar-refractivity contribution >= 4 is 174 Å². The molecule has 642 valence electrons. The molecule has 138 heavy (non-hydrogen) atoms. The molecule has 5 heterocycles. The SMILES string of the molecule is c1ccc(-c2ccc(-c3c4ccccc4c(-c4cccc5ccccc45)c4ccccc34)c3c2oc2ccccc23)nc1.c1ccc(-c2ccc(-c3c4ccccc4c(-c4cccc5oc6ccccc6c45)c4ccccc34)cc2)cc1.c1ccc(-n2c3ccccc3c3cc(-c4ccc(-c5c6ccccc6c(-c6cccc7ccccc67)c6ccccc56)c5c4oc4ccccc45)ccc32)cc1. The van der Waals surface area contributed by atoms with Crippen molar-refractivity contribution in [3.8, 4) is 106 Å². The van der Waals surface area contributed by atoms with Gasteiger partial charge in [0.1, 0.15) is 33.5 Å². The zero-order valence-electron chi connectivity index (χ0n) is 75.0. The van der Waals surface area contributed by atoms with E-state index in [9.17, 15) is 0 Å². The fraction of sp³-hybridized carbons (Fsp3) is 0. The van der Waals surface area contributed by atoms with Crippen molar-refractivity contribution in [1.29, 1.82) is 0 Å². The Labute approximate surface area is 794 Å². The maximum Gasteiger partial charge on any atom is 0.145 e. The number of benzene rings is 24. The predicted molar refractivity (Wildman–Crippen MR) is 582 cm³/mol. The first kappa shape index (κ1) is 79.5. The van der Waals surface area contributed by atoms with Crippen LogP contribution in [-0.4, -0.2) is 9.55 Å². The first-order chi connectivity index (χ1) is 68.5. The highest BCUT2D eigenvalue weighted by Gasteiger charge is 2.29. The largest absolute Gasteiger partial charge is 0.456 e. The van der Waals surface area contributed by atoms with Gasteiger partial charge in [0.2, 0.25) is 0 Å². The smallest absolute Gasteiger partial charge is 0.145 e. The number of fused-ring (bicyclic) bond motifs is 20. The van der Waals surface area contributed by atoms with Crippen LogP contribution in [0, 0.1) is 0 Å². The van der Waals surface area contributed by atoms with E-state index in [4.69, 9.17) is 13.3 Å². The van der Waals surface area contributed by atoms with Crippen LogP contribution < -0.4 is 0 Å². The van der Waals surface area contributed by atoms with Gasteiger partial charge >= 0.3 is 0 Å². The summed E-state index contributed by atoms with van der Waals surface area (Å²) in [5.74, 6) is 0. The van der Waals surface area contributed by atoms with Gasteiger partial charge in [-0.05, 0) is 248 Å². The van der Waals surface area contributed by atoms with Gasteiger partial charge in [0, 0.05) is 66.1 Å². The molecule has 5 heteroatoms. The zero-order chi connectivity index (χ0) is 90.8. The molecular weight excluding hydrogens is 1670 g/mol.